The highest BCUT2D eigenvalue weighted by molar-refractivity contribution is 6.31. The predicted molar refractivity (Wildman–Crippen MR) is 218 cm³/mol. The number of hydrogen-bond donors (Lipinski definition) is 4. The van der Waals surface area contributed by atoms with Crippen molar-refractivity contribution in [3.63, 3.8) is 0 Å². The van der Waals surface area contributed by atoms with E-state index in [9.17, 15) is 25.2 Å². The fourth-order valence-corrected chi connectivity index (χ4v) is 9.07. The third-order valence-corrected chi connectivity index (χ3v) is 12.6. The molecule has 2 aliphatic carbocycles. The van der Waals surface area contributed by atoms with Gasteiger partial charge in [-0.05, 0) is 117 Å². The Kier molecular flexibility index (Phi) is 17.4. The Labute approximate surface area is 333 Å². The van der Waals surface area contributed by atoms with Crippen LogP contribution in [0.1, 0.15) is 113 Å². The predicted octanol–water partition coefficient (Wildman–Crippen LogP) is 10.1. The summed E-state index contributed by atoms with van der Waals surface area (Å²) >= 11 is 12.8. The highest BCUT2D eigenvalue weighted by Gasteiger charge is 2.54. The zero-order valence-corrected chi connectivity index (χ0v) is 34.3. The van der Waals surface area contributed by atoms with Gasteiger partial charge in [-0.2, -0.15) is 0 Å². The number of fused-ring (bicyclic) bond motifs is 1. The number of benzene rings is 2. The molecular weight excluding hydrogens is 723 g/mol. The Balaban J connectivity index is 0.000000241. The lowest BCUT2D eigenvalue weighted by atomic mass is 9.83. The molecule has 7 nitrogen and oxygen atoms in total. The summed E-state index contributed by atoms with van der Waals surface area (Å²) in [7, 11) is 0. The van der Waals surface area contributed by atoms with E-state index >= 15 is 0 Å². The maximum Gasteiger partial charge on any atom is 0.509 e. The van der Waals surface area contributed by atoms with Crippen molar-refractivity contribution in [2.24, 2.45) is 23.7 Å². The van der Waals surface area contributed by atoms with Gasteiger partial charge in [0, 0.05) is 16.0 Å². The summed E-state index contributed by atoms with van der Waals surface area (Å²) in [5, 5.41) is 42.8. The summed E-state index contributed by atoms with van der Waals surface area (Å²) in [6.45, 7) is 16.7. The molecular formula is C45H64Cl2O7. The van der Waals surface area contributed by atoms with Crippen LogP contribution < -0.4 is 0 Å². The molecule has 0 spiro atoms. The van der Waals surface area contributed by atoms with Gasteiger partial charge >= 0.3 is 6.16 Å². The van der Waals surface area contributed by atoms with E-state index in [1.807, 2.05) is 38.1 Å². The number of unbranched alkanes of at least 4 members (excludes halogenated alkanes) is 4. The van der Waals surface area contributed by atoms with Gasteiger partial charge in [0.2, 0.25) is 0 Å². The number of carbonyl (C=O) groups is 1. The molecule has 4 N–H and O–H groups in total. The molecule has 0 aromatic heterocycles. The molecule has 0 amide bonds. The molecule has 0 radical (unpaired) electrons. The highest BCUT2D eigenvalue weighted by Crippen LogP contribution is 2.47. The summed E-state index contributed by atoms with van der Waals surface area (Å²) in [5.41, 5.74) is 5.98. The largest absolute Gasteiger partial charge is 0.509 e. The first-order valence-electron chi connectivity index (χ1n) is 20.2. The number of halogens is 2. The summed E-state index contributed by atoms with van der Waals surface area (Å²) < 4.78 is 10.9. The molecule has 300 valence electrons. The van der Waals surface area contributed by atoms with Crippen LogP contribution in [0.3, 0.4) is 0 Å². The summed E-state index contributed by atoms with van der Waals surface area (Å²) in [4.78, 5) is 11.7. The normalized spacial score (nSPS) is 27.3. The molecule has 2 saturated carbocycles. The van der Waals surface area contributed by atoms with Crippen LogP contribution in [0, 0.1) is 37.5 Å². The van der Waals surface area contributed by atoms with Crippen LogP contribution in [0.2, 0.25) is 10.0 Å². The van der Waals surface area contributed by atoms with Crippen molar-refractivity contribution >= 4 is 29.4 Å². The van der Waals surface area contributed by atoms with Crippen molar-refractivity contribution in [2.75, 3.05) is 0 Å². The molecule has 5 rings (SSSR count). The van der Waals surface area contributed by atoms with Crippen molar-refractivity contribution in [1.29, 1.82) is 0 Å². The van der Waals surface area contributed by atoms with Crippen LogP contribution in [0.4, 0.5) is 4.79 Å². The number of aryl methyl sites for hydroxylation is 2. The third-order valence-electron chi connectivity index (χ3n) is 11.9. The van der Waals surface area contributed by atoms with E-state index in [1.54, 1.807) is 0 Å². The molecule has 3 aliphatic rings. The van der Waals surface area contributed by atoms with Crippen molar-refractivity contribution in [3.05, 3.63) is 93.0 Å². The smallest absolute Gasteiger partial charge is 0.426 e. The van der Waals surface area contributed by atoms with Gasteiger partial charge in [-0.25, -0.2) is 4.79 Å². The van der Waals surface area contributed by atoms with Gasteiger partial charge in [0.05, 0.1) is 18.3 Å². The maximum atomic E-state index is 11.7. The standard InChI is InChI=1S/C23H31ClO4.C22H33ClO3/c1-4-5-6-7-17(25)9-10-18-19(13-16-12-14(2)8-11-20(16)24)15(3)21-22(18)28-23(26)27-21;1-4-5-6-7-17(24)9-10-18-19(15(3)21(25)22(18)26)13-16-12-14(2)8-11-20(16)23/h8,11-12,17-19,21-22,25H,3-7,9-10,13H2,1-2H3;8,11-12,17-19,21-22,24-26H,3-7,9-10,13H2,1-2H3/t2*17-,18+,19-,21+,22-/m00/s1. The number of aliphatic hydroxyl groups excluding tert-OH is 4. The molecule has 1 saturated heterocycles. The zero-order chi connectivity index (χ0) is 39.5. The molecule has 0 unspecified atom stereocenters. The van der Waals surface area contributed by atoms with E-state index in [0.29, 0.717) is 36.3 Å². The van der Waals surface area contributed by atoms with Crippen molar-refractivity contribution < 1.29 is 34.7 Å². The second-order valence-electron chi connectivity index (χ2n) is 16.0. The number of carbonyl (C=O) groups excluding carboxylic acids is 1. The SMILES string of the molecule is C=C1[C@@H](O)[C@@H](O)[C@H](CC[C@@H](O)CCCCC)[C@H]1Cc1cc(C)ccc1Cl.C=C1[C@H]2OC(=O)O[C@H]2[C@H](CC[C@@H](O)CCCCC)[C@H]1Cc1cc(C)ccc1Cl. The van der Waals surface area contributed by atoms with E-state index in [2.05, 4.69) is 39.1 Å². The minimum absolute atomic E-state index is 0.0258. The monoisotopic (exact) mass is 786 g/mol. The molecule has 2 aromatic rings. The van der Waals surface area contributed by atoms with Crippen molar-refractivity contribution in [3.8, 4) is 0 Å². The van der Waals surface area contributed by atoms with E-state index in [-0.39, 0.29) is 48.1 Å². The topological polar surface area (TPSA) is 116 Å². The fraction of sp³-hybridized carbons (Fsp3) is 0.622. The lowest BCUT2D eigenvalue weighted by Crippen LogP contribution is -2.27. The van der Waals surface area contributed by atoms with E-state index in [0.717, 1.165) is 97.1 Å². The number of ether oxygens (including phenoxy) is 2. The highest BCUT2D eigenvalue weighted by atomic mass is 35.5. The second-order valence-corrected chi connectivity index (χ2v) is 16.9. The second kappa shape index (κ2) is 21.2. The first kappa shape index (κ1) is 44.3. The van der Waals surface area contributed by atoms with Gasteiger partial charge in [-0.1, -0.05) is 124 Å². The van der Waals surface area contributed by atoms with E-state index < -0.39 is 18.4 Å². The van der Waals surface area contributed by atoms with Crippen LogP contribution in [0.5, 0.6) is 0 Å². The van der Waals surface area contributed by atoms with E-state index in [1.165, 1.54) is 0 Å². The Morgan fingerprint density at radius 1 is 0.704 bits per heavy atom. The Hall–Kier alpha value is -2.39. The average Bonchev–Trinajstić information content (AvgIpc) is 3.70. The van der Waals surface area contributed by atoms with Crippen LogP contribution in [0.15, 0.2) is 60.7 Å². The lowest BCUT2D eigenvalue weighted by molar-refractivity contribution is 0.0195. The number of rotatable bonds is 18. The minimum Gasteiger partial charge on any atom is -0.426 e. The molecule has 3 fully saturated rings. The third kappa shape index (κ3) is 11.8. The molecule has 2 aromatic carbocycles. The van der Waals surface area contributed by atoms with Crippen LogP contribution >= 0.6 is 23.2 Å². The Morgan fingerprint density at radius 3 is 1.69 bits per heavy atom. The fourth-order valence-electron chi connectivity index (χ4n) is 8.69. The van der Waals surface area contributed by atoms with Crippen LogP contribution in [-0.2, 0) is 22.3 Å². The molecule has 9 heteroatoms. The average molecular weight is 788 g/mol. The molecule has 1 heterocycles. The van der Waals surface area contributed by atoms with Crippen LogP contribution in [0.25, 0.3) is 0 Å². The minimum atomic E-state index is -0.897. The Bertz CT molecular complexity index is 1540. The van der Waals surface area contributed by atoms with Crippen molar-refractivity contribution in [2.45, 2.75) is 154 Å². The maximum absolute atomic E-state index is 11.7. The van der Waals surface area contributed by atoms with E-state index in [4.69, 9.17) is 32.7 Å². The summed E-state index contributed by atoms with van der Waals surface area (Å²) in [5.74, 6) is 0.0728. The van der Waals surface area contributed by atoms with Gasteiger partial charge in [-0.3, -0.25) is 0 Å². The van der Waals surface area contributed by atoms with Gasteiger partial charge in [0.1, 0.15) is 12.2 Å². The molecule has 10 atom stereocenters. The number of hydrogen-bond acceptors (Lipinski definition) is 7. The number of aliphatic hydroxyl groups is 4. The van der Waals surface area contributed by atoms with Gasteiger partial charge in [0.25, 0.3) is 0 Å². The zero-order valence-electron chi connectivity index (χ0n) is 32.8. The van der Waals surface area contributed by atoms with Gasteiger partial charge < -0.3 is 29.9 Å². The van der Waals surface area contributed by atoms with Gasteiger partial charge in [-0.15, -0.1) is 0 Å². The Morgan fingerprint density at radius 2 is 1.19 bits per heavy atom. The van der Waals surface area contributed by atoms with Crippen LogP contribution in [-0.4, -0.2) is 63.2 Å². The van der Waals surface area contributed by atoms with Gasteiger partial charge in [0.15, 0.2) is 6.10 Å². The summed E-state index contributed by atoms with van der Waals surface area (Å²) in [6, 6.07) is 12.0. The first-order chi connectivity index (χ1) is 25.7. The summed E-state index contributed by atoms with van der Waals surface area (Å²) in [6.07, 6.45) is 8.75. The quantitative estimate of drug-likeness (QED) is 0.0675. The molecule has 54 heavy (non-hydrogen) atoms. The molecule has 0 bridgehead atoms. The molecule has 1 aliphatic heterocycles. The lowest BCUT2D eigenvalue weighted by Gasteiger charge is -2.24. The van der Waals surface area contributed by atoms with Crippen molar-refractivity contribution in [1.82, 2.24) is 0 Å². The first-order valence-corrected chi connectivity index (χ1v) is 21.0.